The molecular formula is C16H12ClN3O. The van der Waals surface area contributed by atoms with E-state index in [-0.39, 0.29) is 5.91 Å². The predicted octanol–water partition coefficient (Wildman–Crippen LogP) is 3.10. The molecule has 5 heteroatoms. The van der Waals surface area contributed by atoms with Gasteiger partial charge in [0.2, 0.25) is 0 Å². The lowest BCUT2D eigenvalue weighted by Gasteiger charge is -2.07. The fourth-order valence-corrected chi connectivity index (χ4v) is 2.91. The SMILES string of the molecule is O=C1NCCn2c(-c3ccc(Cl)cc3)nc3cccc1c32. The molecule has 2 heterocycles. The van der Waals surface area contributed by atoms with Gasteiger partial charge in [0.25, 0.3) is 5.91 Å². The highest BCUT2D eigenvalue weighted by Crippen LogP contribution is 2.28. The third-order valence-corrected chi connectivity index (χ3v) is 3.99. The van der Waals surface area contributed by atoms with Crippen LogP contribution in [0.5, 0.6) is 0 Å². The van der Waals surface area contributed by atoms with Crippen LogP contribution in [0.15, 0.2) is 42.5 Å². The second-order valence-corrected chi connectivity index (χ2v) is 5.46. The lowest BCUT2D eigenvalue weighted by molar-refractivity contribution is 0.0956. The minimum atomic E-state index is -0.0399. The van der Waals surface area contributed by atoms with Crippen LogP contribution in [-0.2, 0) is 6.54 Å². The number of carbonyl (C=O) groups is 1. The fraction of sp³-hybridized carbons (Fsp3) is 0.125. The van der Waals surface area contributed by atoms with Gasteiger partial charge in [0, 0.05) is 23.7 Å². The standard InChI is InChI=1S/C16H12ClN3O/c17-11-6-4-10(5-7-11)15-19-13-3-1-2-12-14(13)20(15)9-8-18-16(12)21/h1-7H,8-9H2,(H,18,21). The van der Waals surface area contributed by atoms with Crippen molar-refractivity contribution in [3.05, 3.63) is 53.1 Å². The molecule has 0 fully saturated rings. The Morgan fingerprint density at radius 1 is 1.14 bits per heavy atom. The molecule has 1 amide bonds. The van der Waals surface area contributed by atoms with E-state index in [0.717, 1.165) is 22.4 Å². The topological polar surface area (TPSA) is 46.9 Å². The third-order valence-electron chi connectivity index (χ3n) is 3.73. The molecule has 1 aliphatic rings. The van der Waals surface area contributed by atoms with Crippen LogP contribution in [0, 0.1) is 0 Å². The van der Waals surface area contributed by atoms with Crippen molar-refractivity contribution in [3.8, 4) is 11.4 Å². The van der Waals surface area contributed by atoms with Crippen LogP contribution in [0.2, 0.25) is 5.02 Å². The monoisotopic (exact) mass is 297 g/mol. The van der Waals surface area contributed by atoms with E-state index in [1.165, 1.54) is 0 Å². The third kappa shape index (κ3) is 1.91. The zero-order valence-corrected chi connectivity index (χ0v) is 11.9. The average molecular weight is 298 g/mol. The normalized spacial score (nSPS) is 14.0. The van der Waals surface area contributed by atoms with Gasteiger partial charge in [-0.25, -0.2) is 4.98 Å². The van der Waals surface area contributed by atoms with Crippen molar-refractivity contribution in [2.45, 2.75) is 6.54 Å². The molecule has 0 saturated carbocycles. The molecule has 2 aromatic carbocycles. The molecular weight excluding hydrogens is 286 g/mol. The van der Waals surface area contributed by atoms with Gasteiger partial charge < -0.3 is 9.88 Å². The molecule has 1 aliphatic heterocycles. The molecule has 1 N–H and O–H groups in total. The van der Waals surface area contributed by atoms with Crippen LogP contribution in [0.1, 0.15) is 10.4 Å². The summed E-state index contributed by atoms with van der Waals surface area (Å²) in [6.07, 6.45) is 0. The summed E-state index contributed by atoms with van der Waals surface area (Å²) in [5.41, 5.74) is 3.42. The molecule has 104 valence electrons. The molecule has 0 aliphatic carbocycles. The largest absolute Gasteiger partial charge is 0.350 e. The number of hydrogen-bond donors (Lipinski definition) is 1. The molecule has 0 spiro atoms. The van der Waals surface area contributed by atoms with Crippen molar-refractivity contribution in [3.63, 3.8) is 0 Å². The van der Waals surface area contributed by atoms with Gasteiger partial charge in [-0.1, -0.05) is 17.7 Å². The zero-order chi connectivity index (χ0) is 14.4. The smallest absolute Gasteiger partial charge is 0.253 e. The maximum Gasteiger partial charge on any atom is 0.253 e. The second-order valence-electron chi connectivity index (χ2n) is 5.02. The molecule has 4 nitrogen and oxygen atoms in total. The van der Waals surface area contributed by atoms with Crippen molar-refractivity contribution < 1.29 is 4.79 Å². The summed E-state index contributed by atoms with van der Waals surface area (Å²) >= 11 is 5.95. The Morgan fingerprint density at radius 3 is 2.76 bits per heavy atom. The number of hydrogen-bond acceptors (Lipinski definition) is 2. The number of benzene rings is 2. The number of nitrogens with zero attached hydrogens (tertiary/aromatic N) is 2. The highest BCUT2D eigenvalue weighted by Gasteiger charge is 2.21. The van der Waals surface area contributed by atoms with E-state index in [1.807, 2.05) is 42.5 Å². The molecule has 1 aromatic heterocycles. The first-order chi connectivity index (χ1) is 10.2. The first kappa shape index (κ1) is 12.4. The van der Waals surface area contributed by atoms with E-state index in [4.69, 9.17) is 16.6 Å². The zero-order valence-electron chi connectivity index (χ0n) is 11.1. The van der Waals surface area contributed by atoms with Crippen LogP contribution in [0.3, 0.4) is 0 Å². The Hall–Kier alpha value is -2.33. The molecule has 0 unspecified atom stereocenters. The number of aromatic nitrogens is 2. The van der Waals surface area contributed by atoms with Gasteiger partial charge in [0.05, 0.1) is 16.6 Å². The van der Waals surface area contributed by atoms with Crippen LogP contribution in [-0.4, -0.2) is 22.0 Å². The summed E-state index contributed by atoms with van der Waals surface area (Å²) in [5, 5.41) is 3.61. The van der Waals surface area contributed by atoms with Crippen molar-refractivity contribution in [2.24, 2.45) is 0 Å². The Labute approximate surface area is 126 Å². The van der Waals surface area contributed by atoms with Gasteiger partial charge in [-0.2, -0.15) is 0 Å². The Bertz CT molecular complexity index is 852. The highest BCUT2D eigenvalue weighted by atomic mass is 35.5. The fourth-order valence-electron chi connectivity index (χ4n) is 2.78. The van der Waals surface area contributed by atoms with Crippen molar-refractivity contribution in [1.29, 1.82) is 0 Å². The van der Waals surface area contributed by atoms with Gasteiger partial charge in [-0.05, 0) is 36.4 Å². The van der Waals surface area contributed by atoms with Crippen LogP contribution in [0.4, 0.5) is 0 Å². The van der Waals surface area contributed by atoms with Gasteiger partial charge in [-0.15, -0.1) is 0 Å². The first-order valence-electron chi connectivity index (χ1n) is 6.77. The average Bonchev–Trinajstić information content (AvgIpc) is 2.77. The number of rotatable bonds is 1. The quantitative estimate of drug-likeness (QED) is 0.750. The predicted molar refractivity (Wildman–Crippen MR) is 82.5 cm³/mol. The summed E-state index contributed by atoms with van der Waals surface area (Å²) in [7, 11) is 0. The maximum atomic E-state index is 12.1. The molecule has 3 aromatic rings. The number of amides is 1. The molecule has 0 saturated heterocycles. The number of para-hydroxylation sites is 1. The second kappa shape index (κ2) is 4.60. The summed E-state index contributed by atoms with van der Waals surface area (Å²) < 4.78 is 2.10. The Morgan fingerprint density at radius 2 is 1.95 bits per heavy atom. The van der Waals surface area contributed by atoms with E-state index < -0.39 is 0 Å². The van der Waals surface area contributed by atoms with Crippen molar-refractivity contribution in [2.75, 3.05) is 6.54 Å². The summed E-state index contributed by atoms with van der Waals surface area (Å²) in [6.45, 7) is 1.30. The minimum Gasteiger partial charge on any atom is -0.350 e. The van der Waals surface area contributed by atoms with Crippen molar-refractivity contribution >= 4 is 28.5 Å². The molecule has 0 atom stereocenters. The number of carbonyl (C=O) groups excluding carboxylic acids is 1. The van der Waals surface area contributed by atoms with Gasteiger partial charge in [0.1, 0.15) is 5.82 Å². The maximum absolute atomic E-state index is 12.1. The first-order valence-corrected chi connectivity index (χ1v) is 7.15. The lowest BCUT2D eigenvalue weighted by atomic mass is 10.1. The number of halogens is 1. The highest BCUT2D eigenvalue weighted by molar-refractivity contribution is 6.30. The van der Waals surface area contributed by atoms with E-state index in [0.29, 0.717) is 23.7 Å². The van der Waals surface area contributed by atoms with E-state index in [9.17, 15) is 4.79 Å². The van der Waals surface area contributed by atoms with Gasteiger partial charge in [-0.3, -0.25) is 4.79 Å². The molecule has 0 radical (unpaired) electrons. The molecule has 0 bridgehead atoms. The van der Waals surface area contributed by atoms with Crippen LogP contribution in [0.25, 0.3) is 22.4 Å². The summed E-state index contributed by atoms with van der Waals surface area (Å²) in [4.78, 5) is 16.8. The minimum absolute atomic E-state index is 0.0399. The Kier molecular flexibility index (Phi) is 2.72. The van der Waals surface area contributed by atoms with Gasteiger partial charge >= 0.3 is 0 Å². The Balaban J connectivity index is 2.02. The van der Waals surface area contributed by atoms with Crippen LogP contribution >= 0.6 is 11.6 Å². The summed E-state index contributed by atoms with van der Waals surface area (Å²) in [6, 6.07) is 13.3. The van der Waals surface area contributed by atoms with E-state index in [1.54, 1.807) is 0 Å². The van der Waals surface area contributed by atoms with E-state index in [2.05, 4.69) is 9.88 Å². The van der Waals surface area contributed by atoms with Crippen LogP contribution < -0.4 is 5.32 Å². The molecule has 4 rings (SSSR count). The number of nitrogens with one attached hydrogen (secondary N) is 1. The number of imidazole rings is 1. The van der Waals surface area contributed by atoms with E-state index >= 15 is 0 Å². The van der Waals surface area contributed by atoms with Gasteiger partial charge in [0.15, 0.2) is 0 Å². The van der Waals surface area contributed by atoms with Crippen molar-refractivity contribution in [1.82, 2.24) is 14.9 Å². The molecule has 21 heavy (non-hydrogen) atoms. The summed E-state index contributed by atoms with van der Waals surface area (Å²) in [5.74, 6) is 0.826. The lowest BCUT2D eigenvalue weighted by Crippen LogP contribution is -2.24.